The van der Waals surface area contributed by atoms with Crippen molar-refractivity contribution in [1.82, 2.24) is 9.97 Å². The molecule has 1 aromatic heterocycles. The Bertz CT molecular complexity index is 368. The lowest BCUT2D eigenvalue weighted by atomic mass is 10.2. The van der Waals surface area contributed by atoms with E-state index in [0.29, 0.717) is 5.02 Å². The molecule has 1 aromatic carbocycles. The number of nitrogens with zero attached hydrogens (tertiary/aromatic N) is 1. The smallest absolute Gasteiger partial charge is 0.138 e. The van der Waals surface area contributed by atoms with Crippen LogP contribution in [0.5, 0.6) is 0 Å². The summed E-state index contributed by atoms with van der Waals surface area (Å²) in [4.78, 5) is 7.11. The van der Waals surface area contributed by atoms with E-state index in [9.17, 15) is 0 Å². The fraction of sp³-hybridized carbons (Fsp3) is 0. The first-order valence-electron chi connectivity index (χ1n) is 3.62. The third-order valence-electron chi connectivity index (χ3n) is 1.63. The van der Waals surface area contributed by atoms with Gasteiger partial charge in [-0.3, -0.25) is 0 Å². The Labute approximate surface area is 75.2 Å². The first-order valence-corrected chi connectivity index (χ1v) is 4.00. The van der Waals surface area contributed by atoms with Crippen LogP contribution in [0.2, 0.25) is 5.02 Å². The van der Waals surface area contributed by atoms with E-state index >= 15 is 0 Å². The van der Waals surface area contributed by atoms with E-state index < -0.39 is 0 Å². The molecule has 0 fully saturated rings. The summed E-state index contributed by atoms with van der Waals surface area (Å²) < 4.78 is 0. The SMILES string of the molecule is Clc1ccccc1-c1ncc[nH]1. The molecule has 0 aliphatic carbocycles. The van der Waals surface area contributed by atoms with E-state index in [1.807, 2.05) is 24.3 Å². The van der Waals surface area contributed by atoms with E-state index in [4.69, 9.17) is 11.6 Å². The molecule has 3 heteroatoms. The van der Waals surface area contributed by atoms with Crippen molar-refractivity contribution >= 4 is 11.6 Å². The van der Waals surface area contributed by atoms with Crippen LogP contribution in [0.25, 0.3) is 11.4 Å². The van der Waals surface area contributed by atoms with Crippen LogP contribution < -0.4 is 0 Å². The first-order chi connectivity index (χ1) is 5.88. The number of imidazole rings is 1. The van der Waals surface area contributed by atoms with Crippen LogP contribution in [0.4, 0.5) is 0 Å². The van der Waals surface area contributed by atoms with Gasteiger partial charge in [0.1, 0.15) is 5.82 Å². The number of aromatic amines is 1. The van der Waals surface area contributed by atoms with Crippen LogP contribution in [-0.4, -0.2) is 9.97 Å². The summed E-state index contributed by atoms with van der Waals surface area (Å²) in [6.07, 6.45) is 3.48. The molecule has 0 unspecified atom stereocenters. The zero-order valence-electron chi connectivity index (χ0n) is 6.29. The zero-order valence-corrected chi connectivity index (χ0v) is 7.05. The lowest BCUT2D eigenvalue weighted by Crippen LogP contribution is -1.80. The Morgan fingerprint density at radius 2 is 2.08 bits per heavy atom. The molecule has 2 aromatic rings. The highest BCUT2D eigenvalue weighted by atomic mass is 35.5. The third-order valence-corrected chi connectivity index (χ3v) is 1.96. The maximum absolute atomic E-state index is 5.96. The fourth-order valence-electron chi connectivity index (χ4n) is 1.07. The molecule has 0 amide bonds. The van der Waals surface area contributed by atoms with Crippen LogP contribution >= 0.6 is 11.6 Å². The van der Waals surface area contributed by atoms with Gasteiger partial charge in [0.05, 0.1) is 5.02 Å². The number of nitrogens with one attached hydrogen (secondary N) is 1. The summed E-state index contributed by atoms with van der Waals surface area (Å²) in [7, 11) is 0. The van der Waals surface area contributed by atoms with Gasteiger partial charge in [0.15, 0.2) is 0 Å². The molecular formula is C9H7ClN2. The summed E-state index contributed by atoms with van der Waals surface area (Å²) in [6.45, 7) is 0. The second-order valence-electron chi connectivity index (χ2n) is 2.42. The van der Waals surface area contributed by atoms with Crippen molar-refractivity contribution in [1.29, 1.82) is 0 Å². The quantitative estimate of drug-likeness (QED) is 0.715. The number of rotatable bonds is 1. The number of hydrogen-bond donors (Lipinski definition) is 1. The maximum Gasteiger partial charge on any atom is 0.138 e. The molecule has 0 saturated carbocycles. The number of halogens is 1. The minimum absolute atomic E-state index is 0.715. The molecule has 0 radical (unpaired) electrons. The standard InChI is InChI=1S/C9H7ClN2/c10-8-4-2-1-3-7(8)9-11-5-6-12-9/h1-6H,(H,11,12). The summed E-state index contributed by atoms with van der Waals surface area (Å²) in [5, 5.41) is 0.715. The van der Waals surface area contributed by atoms with Gasteiger partial charge in [0.25, 0.3) is 0 Å². The normalized spacial score (nSPS) is 10.1. The van der Waals surface area contributed by atoms with Gasteiger partial charge < -0.3 is 4.98 Å². The van der Waals surface area contributed by atoms with Gasteiger partial charge in [-0.15, -0.1) is 0 Å². The third kappa shape index (κ3) is 1.21. The van der Waals surface area contributed by atoms with E-state index in [1.54, 1.807) is 12.4 Å². The molecule has 0 aliphatic rings. The van der Waals surface area contributed by atoms with Crippen molar-refractivity contribution in [2.24, 2.45) is 0 Å². The maximum atomic E-state index is 5.96. The average Bonchev–Trinajstić information content (AvgIpc) is 2.57. The molecule has 1 heterocycles. The number of aromatic nitrogens is 2. The van der Waals surface area contributed by atoms with Gasteiger partial charge in [-0.05, 0) is 12.1 Å². The van der Waals surface area contributed by atoms with Crippen molar-refractivity contribution < 1.29 is 0 Å². The van der Waals surface area contributed by atoms with E-state index in [-0.39, 0.29) is 0 Å². The Morgan fingerprint density at radius 1 is 1.25 bits per heavy atom. The van der Waals surface area contributed by atoms with Crippen molar-refractivity contribution in [3.8, 4) is 11.4 Å². The molecule has 0 bridgehead atoms. The van der Waals surface area contributed by atoms with Gasteiger partial charge >= 0.3 is 0 Å². The molecular weight excluding hydrogens is 172 g/mol. The lowest BCUT2D eigenvalue weighted by Gasteiger charge is -1.97. The minimum atomic E-state index is 0.715. The van der Waals surface area contributed by atoms with Crippen LogP contribution in [0.15, 0.2) is 36.7 Å². The van der Waals surface area contributed by atoms with Gasteiger partial charge in [-0.2, -0.15) is 0 Å². The number of hydrogen-bond acceptors (Lipinski definition) is 1. The van der Waals surface area contributed by atoms with Gasteiger partial charge in [0, 0.05) is 18.0 Å². The van der Waals surface area contributed by atoms with Crippen molar-refractivity contribution in [2.45, 2.75) is 0 Å². The first kappa shape index (κ1) is 7.37. The largest absolute Gasteiger partial charge is 0.345 e. The Balaban J connectivity index is 2.55. The molecule has 0 atom stereocenters. The van der Waals surface area contributed by atoms with Crippen LogP contribution in [0.1, 0.15) is 0 Å². The molecule has 2 nitrogen and oxygen atoms in total. The molecule has 0 spiro atoms. The van der Waals surface area contributed by atoms with Crippen LogP contribution in [-0.2, 0) is 0 Å². The Morgan fingerprint density at radius 3 is 2.75 bits per heavy atom. The average molecular weight is 179 g/mol. The Hall–Kier alpha value is -1.28. The van der Waals surface area contributed by atoms with Gasteiger partial charge in [-0.1, -0.05) is 23.7 Å². The van der Waals surface area contributed by atoms with Crippen LogP contribution in [0, 0.1) is 0 Å². The van der Waals surface area contributed by atoms with E-state index in [0.717, 1.165) is 11.4 Å². The highest BCUT2D eigenvalue weighted by Gasteiger charge is 2.02. The molecule has 1 N–H and O–H groups in total. The highest BCUT2D eigenvalue weighted by molar-refractivity contribution is 6.33. The topological polar surface area (TPSA) is 28.7 Å². The molecule has 0 aliphatic heterocycles. The minimum Gasteiger partial charge on any atom is -0.345 e. The fourth-order valence-corrected chi connectivity index (χ4v) is 1.29. The zero-order chi connectivity index (χ0) is 8.39. The highest BCUT2D eigenvalue weighted by Crippen LogP contribution is 2.23. The second kappa shape index (κ2) is 2.99. The van der Waals surface area contributed by atoms with E-state index in [2.05, 4.69) is 9.97 Å². The molecule has 12 heavy (non-hydrogen) atoms. The van der Waals surface area contributed by atoms with Gasteiger partial charge in [-0.25, -0.2) is 4.98 Å². The van der Waals surface area contributed by atoms with Crippen molar-refractivity contribution in [2.75, 3.05) is 0 Å². The number of benzene rings is 1. The lowest BCUT2D eigenvalue weighted by molar-refractivity contribution is 1.31. The Kier molecular flexibility index (Phi) is 1.84. The number of H-pyrrole nitrogens is 1. The van der Waals surface area contributed by atoms with E-state index in [1.165, 1.54) is 0 Å². The van der Waals surface area contributed by atoms with Gasteiger partial charge in [0.2, 0.25) is 0 Å². The second-order valence-corrected chi connectivity index (χ2v) is 2.82. The predicted octanol–water partition coefficient (Wildman–Crippen LogP) is 2.73. The monoisotopic (exact) mass is 178 g/mol. The van der Waals surface area contributed by atoms with Crippen molar-refractivity contribution in [3.05, 3.63) is 41.7 Å². The van der Waals surface area contributed by atoms with Crippen LogP contribution in [0.3, 0.4) is 0 Å². The summed E-state index contributed by atoms with van der Waals surface area (Å²) in [5.41, 5.74) is 0.934. The van der Waals surface area contributed by atoms with Crippen molar-refractivity contribution in [3.63, 3.8) is 0 Å². The summed E-state index contributed by atoms with van der Waals surface area (Å²) in [5.74, 6) is 0.806. The molecule has 2 rings (SSSR count). The molecule has 60 valence electrons. The molecule has 0 saturated heterocycles. The predicted molar refractivity (Wildman–Crippen MR) is 49.0 cm³/mol. The summed E-state index contributed by atoms with van der Waals surface area (Å²) in [6, 6.07) is 7.61. The summed E-state index contributed by atoms with van der Waals surface area (Å²) >= 11 is 5.96.